The van der Waals surface area contributed by atoms with Gasteiger partial charge < -0.3 is 0 Å². The molecule has 4 aromatic rings. The van der Waals surface area contributed by atoms with Crippen molar-refractivity contribution in [3.8, 4) is 0 Å². The molecule has 0 spiro atoms. The highest BCUT2D eigenvalue weighted by molar-refractivity contribution is 7.21. The summed E-state index contributed by atoms with van der Waals surface area (Å²) in [6.07, 6.45) is 6.55. The van der Waals surface area contributed by atoms with Gasteiger partial charge in [-0.3, -0.25) is 19.5 Å². The van der Waals surface area contributed by atoms with Gasteiger partial charge in [0.2, 0.25) is 0 Å². The number of hydrogen-bond acceptors (Lipinski definition) is 6. The van der Waals surface area contributed by atoms with Crippen molar-refractivity contribution < 1.29 is 4.79 Å². The van der Waals surface area contributed by atoms with Crippen LogP contribution in [0.3, 0.4) is 0 Å². The Morgan fingerprint density at radius 1 is 1.16 bits per heavy atom. The summed E-state index contributed by atoms with van der Waals surface area (Å²) in [5.74, 6) is 0.606. The third kappa shape index (κ3) is 3.93. The third-order valence-electron chi connectivity index (χ3n) is 5.61. The van der Waals surface area contributed by atoms with E-state index in [0.29, 0.717) is 32.3 Å². The number of rotatable bonds is 4. The van der Waals surface area contributed by atoms with Gasteiger partial charge in [0.25, 0.3) is 11.5 Å². The predicted molar refractivity (Wildman–Crippen MR) is 125 cm³/mol. The van der Waals surface area contributed by atoms with E-state index in [-0.39, 0.29) is 11.5 Å². The van der Waals surface area contributed by atoms with Gasteiger partial charge in [0.05, 0.1) is 10.3 Å². The smallest absolute Gasteiger partial charge is 0.267 e. The van der Waals surface area contributed by atoms with Gasteiger partial charge in [0.15, 0.2) is 5.13 Å². The molecule has 1 amide bonds. The molecule has 0 unspecified atom stereocenters. The lowest BCUT2D eigenvalue weighted by atomic mass is 10.1. The van der Waals surface area contributed by atoms with Crippen molar-refractivity contribution in [3.63, 3.8) is 0 Å². The molecule has 0 fully saturated rings. The number of benzene rings is 1. The Morgan fingerprint density at radius 2 is 2.00 bits per heavy atom. The zero-order valence-electron chi connectivity index (χ0n) is 17.2. The molecule has 0 saturated carbocycles. The molecule has 8 heteroatoms. The standard InChI is InChI=1S/C23H22N4O2S2/c1-14-18-21(25-17-10-6-3-7-11-27(17)22(18)29)31-19(14)20(28)26-23-24-13-16(30-23)12-15-8-4-2-5-9-15/h2,4-5,8-9,13H,3,6-7,10-12H2,1H3,(H,24,26,28). The molecule has 1 aromatic carbocycles. The second-order valence-corrected chi connectivity index (χ2v) is 9.89. The first-order valence-corrected chi connectivity index (χ1v) is 12.1. The van der Waals surface area contributed by atoms with Crippen LogP contribution in [0.2, 0.25) is 0 Å². The lowest BCUT2D eigenvalue weighted by Gasteiger charge is -2.08. The molecule has 0 atom stereocenters. The Labute approximate surface area is 187 Å². The fourth-order valence-corrected chi connectivity index (χ4v) is 5.95. The van der Waals surface area contributed by atoms with E-state index in [1.165, 1.54) is 28.2 Å². The van der Waals surface area contributed by atoms with Crippen LogP contribution >= 0.6 is 22.7 Å². The largest absolute Gasteiger partial charge is 0.297 e. The number of aryl methyl sites for hydroxylation is 2. The summed E-state index contributed by atoms with van der Waals surface area (Å²) in [6.45, 7) is 2.54. The zero-order valence-corrected chi connectivity index (χ0v) is 18.8. The number of amides is 1. The van der Waals surface area contributed by atoms with Crippen molar-refractivity contribution in [1.82, 2.24) is 14.5 Å². The Balaban J connectivity index is 1.41. The van der Waals surface area contributed by atoms with Gasteiger partial charge in [0, 0.05) is 30.5 Å². The third-order valence-corrected chi connectivity index (χ3v) is 7.71. The number of carbonyl (C=O) groups is 1. The summed E-state index contributed by atoms with van der Waals surface area (Å²) in [5, 5.41) is 4.04. The molecule has 3 aromatic heterocycles. The maximum absolute atomic E-state index is 13.1. The first-order valence-electron chi connectivity index (χ1n) is 10.4. The molecule has 158 valence electrons. The van der Waals surface area contributed by atoms with Crippen LogP contribution in [0, 0.1) is 6.92 Å². The van der Waals surface area contributed by atoms with Crippen LogP contribution in [-0.4, -0.2) is 20.4 Å². The Bertz CT molecular complexity index is 1320. The predicted octanol–water partition coefficient (Wildman–Crippen LogP) is 4.79. The maximum Gasteiger partial charge on any atom is 0.267 e. The van der Waals surface area contributed by atoms with Gasteiger partial charge >= 0.3 is 0 Å². The van der Waals surface area contributed by atoms with Gasteiger partial charge in [-0.15, -0.1) is 22.7 Å². The average molecular weight is 451 g/mol. The van der Waals surface area contributed by atoms with Gasteiger partial charge in [-0.25, -0.2) is 9.97 Å². The SMILES string of the molecule is Cc1c(C(=O)Nc2ncc(Cc3ccccc3)s2)sc2nc3n(c(=O)c12)CCCCC3. The van der Waals surface area contributed by atoms with E-state index in [0.717, 1.165) is 42.8 Å². The van der Waals surface area contributed by atoms with E-state index in [9.17, 15) is 9.59 Å². The first-order chi connectivity index (χ1) is 15.1. The summed E-state index contributed by atoms with van der Waals surface area (Å²) < 4.78 is 1.80. The molecule has 4 heterocycles. The maximum atomic E-state index is 13.1. The summed E-state index contributed by atoms with van der Waals surface area (Å²) in [6, 6.07) is 10.2. The molecule has 31 heavy (non-hydrogen) atoms. The minimum absolute atomic E-state index is 0.0194. The minimum atomic E-state index is -0.235. The summed E-state index contributed by atoms with van der Waals surface area (Å²) in [7, 11) is 0. The Morgan fingerprint density at radius 3 is 2.84 bits per heavy atom. The molecule has 0 aliphatic carbocycles. The summed E-state index contributed by atoms with van der Waals surface area (Å²) in [5.41, 5.74) is 1.89. The fourth-order valence-electron chi connectivity index (χ4n) is 4.02. The fraction of sp³-hybridized carbons (Fsp3) is 0.304. The van der Waals surface area contributed by atoms with Crippen molar-refractivity contribution in [1.29, 1.82) is 0 Å². The van der Waals surface area contributed by atoms with Crippen LogP contribution in [0.4, 0.5) is 5.13 Å². The molecular weight excluding hydrogens is 428 g/mol. The molecule has 5 rings (SSSR count). The zero-order chi connectivity index (χ0) is 21.4. The molecular formula is C23H22N4O2S2. The van der Waals surface area contributed by atoms with Crippen LogP contribution in [0.5, 0.6) is 0 Å². The second-order valence-electron chi connectivity index (χ2n) is 7.78. The monoisotopic (exact) mass is 450 g/mol. The molecule has 0 bridgehead atoms. The van der Waals surface area contributed by atoms with Crippen LogP contribution in [0.15, 0.2) is 41.3 Å². The highest BCUT2D eigenvalue weighted by atomic mass is 32.1. The van der Waals surface area contributed by atoms with Gasteiger partial charge in [-0.2, -0.15) is 0 Å². The van der Waals surface area contributed by atoms with E-state index >= 15 is 0 Å². The van der Waals surface area contributed by atoms with Crippen molar-refractivity contribution in [2.45, 2.75) is 45.6 Å². The molecule has 1 N–H and O–H groups in total. The Kier molecular flexibility index (Phi) is 5.41. The van der Waals surface area contributed by atoms with Crippen molar-refractivity contribution in [3.05, 3.63) is 73.6 Å². The number of thiazole rings is 1. The number of hydrogen-bond donors (Lipinski definition) is 1. The normalized spacial score (nSPS) is 13.7. The van der Waals surface area contributed by atoms with Crippen LogP contribution in [0.25, 0.3) is 10.2 Å². The van der Waals surface area contributed by atoms with E-state index in [1.807, 2.05) is 25.1 Å². The topological polar surface area (TPSA) is 76.9 Å². The number of nitrogens with zero attached hydrogens (tertiary/aromatic N) is 3. The number of anilines is 1. The number of carbonyl (C=O) groups excluding carboxylic acids is 1. The lowest BCUT2D eigenvalue weighted by molar-refractivity contribution is 0.103. The molecule has 1 aliphatic rings. The molecule has 6 nitrogen and oxygen atoms in total. The van der Waals surface area contributed by atoms with E-state index in [1.54, 1.807) is 10.8 Å². The quantitative estimate of drug-likeness (QED) is 0.485. The Hall–Kier alpha value is -2.84. The molecule has 0 saturated heterocycles. The van der Waals surface area contributed by atoms with Crippen LogP contribution < -0.4 is 10.9 Å². The summed E-state index contributed by atoms with van der Waals surface area (Å²) >= 11 is 2.76. The van der Waals surface area contributed by atoms with E-state index < -0.39 is 0 Å². The van der Waals surface area contributed by atoms with E-state index in [4.69, 9.17) is 4.98 Å². The minimum Gasteiger partial charge on any atom is -0.297 e. The van der Waals surface area contributed by atoms with Gasteiger partial charge in [-0.05, 0) is 30.9 Å². The van der Waals surface area contributed by atoms with E-state index in [2.05, 4.69) is 22.4 Å². The van der Waals surface area contributed by atoms with Gasteiger partial charge in [0.1, 0.15) is 10.7 Å². The molecule has 0 radical (unpaired) electrons. The number of fused-ring (bicyclic) bond motifs is 2. The number of nitrogens with one attached hydrogen (secondary N) is 1. The first kappa shape index (κ1) is 20.1. The molecule has 1 aliphatic heterocycles. The highest BCUT2D eigenvalue weighted by Gasteiger charge is 2.22. The van der Waals surface area contributed by atoms with Gasteiger partial charge in [-0.1, -0.05) is 36.8 Å². The van der Waals surface area contributed by atoms with Crippen LogP contribution in [0.1, 0.15) is 50.8 Å². The summed E-state index contributed by atoms with van der Waals surface area (Å²) in [4.78, 5) is 37.5. The lowest BCUT2D eigenvalue weighted by Crippen LogP contribution is -2.24. The highest BCUT2D eigenvalue weighted by Crippen LogP contribution is 2.30. The van der Waals surface area contributed by atoms with Crippen LogP contribution in [-0.2, 0) is 19.4 Å². The van der Waals surface area contributed by atoms with Crippen molar-refractivity contribution >= 4 is 43.9 Å². The second kappa shape index (κ2) is 8.36. The number of aromatic nitrogens is 3. The number of thiophene rings is 1. The van der Waals surface area contributed by atoms with Crippen molar-refractivity contribution in [2.75, 3.05) is 5.32 Å². The average Bonchev–Trinajstić information content (AvgIpc) is 3.24. The van der Waals surface area contributed by atoms with Crippen molar-refractivity contribution in [2.24, 2.45) is 0 Å².